The number of hydrogen-bond donors (Lipinski definition) is 2. The molecule has 2 aromatic heterocycles. The highest BCUT2D eigenvalue weighted by molar-refractivity contribution is 7.90. The summed E-state index contributed by atoms with van der Waals surface area (Å²) in [6.07, 6.45) is 10.5. The van der Waals surface area contributed by atoms with Gasteiger partial charge >= 0.3 is 0 Å². The summed E-state index contributed by atoms with van der Waals surface area (Å²) in [6.45, 7) is 8.68. The third kappa shape index (κ3) is 10.6. The van der Waals surface area contributed by atoms with Gasteiger partial charge in [0.25, 0.3) is 21.6 Å². The Kier molecular flexibility index (Phi) is 13.7. The summed E-state index contributed by atoms with van der Waals surface area (Å²) in [7, 11) is -3.27. The Morgan fingerprint density at radius 2 is 1.83 bits per heavy atom. The molecule has 2 saturated heterocycles. The van der Waals surface area contributed by atoms with Gasteiger partial charge in [0, 0.05) is 100 Å². The van der Waals surface area contributed by atoms with E-state index in [1.807, 2.05) is 6.07 Å². The second kappa shape index (κ2) is 19.6. The number of H-pyrrole nitrogens is 1. The van der Waals surface area contributed by atoms with Crippen LogP contribution in [0.25, 0.3) is 22.2 Å². The maximum Gasteiger partial charge on any atom is 0.293 e. The largest absolute Gasteiger partial charge is 0.455 e. The van der Waals surface area contributed by atoms with E-state index < -0.39 is 37.2 Å². The molecule has 1 amide bonds. The highest BCUT2D eigenvalue weighted by Crippen LogP contribution is 2.45. The molecule has 14 nitrogen and oxygen atoms in total. The van der Waals surface area contributed by atoms with Gasteiger partial charge < -0.3 is 19.4 Å². The quantitative estimate of drug-likeness (QED) is 0.0656. The van der Waals surface area contributed by atoms with E-state index in [4.69, 9.17) is 21.1 Å². The fraction of sp³-hybridized carbons (Fsp3) is 0.412. The van der Waals surface area contributed by atoms with Crippen molar-refractivity contribution < 1.29 is 36.4 Å². The zero-order valence-corrected chi connectivity index (χ0v) is 40.5. The van der Waals surface area contributed by atoms with Crippen molar-refractivity contribution in [1.29, 1.82) is 0 Å². The number of sulfonamides is 1. The number of nitrogens with one attached hydrogen (secondary N) is 2. The first kappa shape index (κ1) is 48.3. The molecule has 5 heterocycles. The monoisotopic (exact) mass is 983 g/mol. The molecule has 0 unspecified atom stereocenters. The van der Waals surface area contributed by atoms with Crippen LogP contribution < -0.4 is 14.4 Å². The van der Waals surface area contributed by atoms with Crippen LogP contribution in [0.2, 0.25) is 5.02 Å². The molecule has 4 aliphatic rings. The number of anilines is 1. The molecule has 0 bridgehead atoms. The fourth-order valence-electron chi connectivity index (χ4n) is 10.2. The summed E-state index contributed by atoms with van der Waals surface area (Å²) in [4.78, 5) is 38.5. The average Bonchev–Trinajstić information content (AvgIpc) is 3.80. The minimum absolute atomic E-state index is 0.0319. The standard InChI is InChI=1S/C51H56ClF2N7O7S/c1-50(2)16-10-36(43(30-50)41-8-5-37(52)28-44(41)53)32-59-20-12-33(13-21-59)34-4-7-42(47(27-34)68-39-26-35-11-19-55-48(35)56-31-39)49(62)57-69(65,66)40-6-9-45(46(29-40)61(63)64)58(3)51(54)17-22-60(23-18-51)38-14-24-67-25-15-38/h4-9,11-12,19,26-29,31,38H,10,13-18,20-25,30,32H2,1-3H3,(H,55,56)(H,57,62). The molecule has 9 rings (SSSR count). The maximum absolute atomic E-state index is 16.6. The number of benzene rings is 3. The number of piperidine rings is 1. The van der Waals surface area contributed by atoms with Crippen molar-refractivity contribution in [1.82, 2.24) is 24.5 Å². The SMILES string of the molecule is CN(c1ccc(S(=O)(=O)NC(=O)c2ccc(C3=CCN(CC4=C(c5ccc(Cl)cc5F)CC(C)(C)CC4)CC3)cc2Oc2cnc3[nH]ccc3c2)cc1[N+](=O)[O-])C1(F)CCN(C2CCOCC2)CC1. The zero-order valence-electron chi connectivity index (χ0n) is 38.9. The van der Waals surface area contributed by atoms with Crippen molar-refractivity contribution in [2.75, 3.05) is 57.9 Å². The van der Waals surface area contributed by atoms with Crippen molar-refractivity contribution in [2.45, 2.75) is 81.9 Å². The number of carbonyl (C=O) groups excluding carboxylic acids is 1. The molecule has 69 heavy (non-hydrogen) atoms. The van der Waals surface area contributed by atoms with E-state index in [2.05, 4.69) is 44.4 Å². The van der Waals surface area contributed by atoms with E-state index in [0.717, 1.165) is 66.3 Å². The summed E-state index contributed by atoms with van der Waals surface area (Å²) in [5.74, 6) is -2.91. The molecule has 5 aromatic rings. The van der Waals surface area contributed by atoms with Crippen molar-refractivity contribution in [2.24, 2.45) is 5.41 Å². The van der Waals surface area contributed by atoms with Crippen molar-refractivity contribution in [3.8, 4) is 11.5 Å². The maximum atomic E-state index is 16.6. The summed E-state index contributed by atoms with van der Waals surface area (Å²) in [5.41, 5.74) is 4.44. The van der Waals surface area contributed by atoms with E-state index in [1.165, 1.54) is 41.9 Å². The normalized spacial score (nSPS) is 19.3. The number of fused-ring (bicyclic) bond motifs is 1. The van der Waals surface area contributed by atoms with E-state index in [9.17, 15) is 23.3 Å². The van der Waals surface area contributed by atoms with Crippen LogP contribution in [0.3, 0.4) is 0 Å². The number of aromatic amines is 1. The number of alkyl halides is 1. The van der Waals surface area contributed by atoms with Crippen molar-refractivity contribution in [3.63, 3.8) is 0 Å². The second-order valence-corrected chi connectivity index (χ2v) is 21.5. The molecular weight excluding hydrogens is 928 g/mol. The number of allylic oxidation sites excluding steroid dienone is 1. The van der Waals surface area contributed by atoms with Gasteiger partial charge in [0.05, 0.1) is 21.6 Å². The first-order valence-corrected chi connectivity index (χ1v) is 25.2. The molecule has 3 aliphatic heterocycles. The lowest BCUT2D eigenvalue weighted by atomic mass is 9.72. The Balaban J connectivity index is 0.944. The highest BCUT2D eigenvalue weighted by atomic mass is 35.5. The molecule has 0 saturated carbocycles. The van der Waals surface area contributed by atoms with E-state index >= 15 is 8.78 Å². The number of nitro groups is 1. The third-order valence-corrected chi connectivity index (χ3v) is 15.8. The van der Waals surface area contributed by atoms with Crippen molar-refractivity contribution >= 4 is 61.1 Å². The van der Waals surface area contributed by atoms with Crippen LogP contribution in [-0.4, -0.2) is 104 Å². The molecule has 364 valence electrons. The number of hydrogen-bond acceptors (Lipinski definition) is 11. The average molecular weight is 985 g/mol. The van der Waals surface area contributed by atoms with Crippen LogP contribution in [0.1, 0.15) is 86.7 Å². The molecule has 0 radical (unpaired) electrons. The summed E-state index contributed by atoms with van der Waals surface area (Å²) < 4.78 is 73.6. The number of pyridine rings is 1. The number of likely N-dealkylation sites (tertiary alicyclic amines) is 1. The second-order valence-electron chi connectivity index (χ2n) is 19.4. The summed E-state index contributed by atoms with van der Waals surface area (Å²) in [6, 6.07) is 16.8. The number of rotatable bonds is 13. The molecule has 1 aliphatic carbocycles. The van der Waals surface area contributed by atoms with Crippen molar-refractivity contribution in [3.05, 3.63) is 128 Å². The van der Waals surface area contributed by atoms with Crippen LogP contribution in [-0.2, 0) is 14.8 Å². The summed E-state index contributed by atoms with van der Waals surface area (Å²) in [5, 5.41) is 13.6. The zero-order chi connectivity index (χ0) is 48.7. The van der Waals surface area contributed by atoms with Gasteiger partial charge in [-0.3, -0.25) is 24.7 Å². The molecule has 0 spiro atoms. The molecule has 18 heteroatoms. The lowest BCUT2D eigenvalue weighted by Crippen LogP contribution is -2.54. The molecule has 2 fully saturated rings. The Hall–Kier alpha value is -5.72. The van der Waals surface area contributed by atoms with Gasteiger partial charge in [0.1, 0.15) is 28.7 Å². The Morgan fingerprint density at radius 1 is 1.04 bits per heavy atom. The highest BCUT2D eigenvalue weighted by Gasteiger charge is 2.42. The van der Waals surface area contributed by atoms with Crippen LogP contribution >= 0.6 is 11.6 Å². The molecule has 3 aromatic carbocycles. The van der Waals surface area contributed by atoms with Crippen LogP contribution in [0.15, 0.2) is 95.7 Å². The number of ether oxygens (including phenoxy) is 2. The molecule has 0 atom stereocenters. The number of amides is 1. The Bertz CT molecular complexity index is 2960. The van der Waals surface area contributed by atoms with Gasteiger partial charge in [0.15, 0.2) is 5.79 Å². The Labute approximate surface area is 405 Å². The minimum Gasteiger partial charge on any atom is -0.455 e. The van der Waals surface area contributed by atoms with E-state index in [0.29, 0.717) is 80.4 Å². The first-order chi connectivity index (χ1) is 32.9. The third-order valence-electron chi connectivity index (χ3n) is 14.3. The lowest BCUT2D eigenvalue weighted by molar-refractivity contribution is -0.384. The fourth-order valence-corrected chi connectivity index (χ4v) is 11.3. The molecular formula is C51H56ClF2N7O7S. The predicted molar refractivity (Wildman–Crippen MR) is 262 cm³/mol. The topological polar surface area (TPSA) is 163 Å². The van der Waals surface area contributed by atoms with E-state index in [-0.39, 0.29) is 41.1 Å². The minimum atomic E-state index is -4.71. The van der Waals surface area contributed by atoms with Crippen LogP contribution in [0.4, 0.5) is 20.2 Å². The van der Waals surface area contributed by atoms with Gasteiger partial charge in [-0.1, -0.05) is 49.2 Å². The van der Waals surface area contributed by atoms with Gasteiger partial charge in [-0.2, -0.15) is 0 Å². The number of nitrogens with zero attached hydrogens (tertiary/aromatic N) is 5. The lowest BCUT2D eigenvalue weighted by Gasteiger charge is -2.45. The van der Waals surface area contributed by atoms with Crippen LogP contribution in [0, 0.1) is 21.3 Å². The number of nitro benzene ring substituents is 1. The van der Waals surface area contributed by atoms with Crippen LogP contribution in [0.5, 0.6) is 11.5 Å². The number of halogens is 3. The van der Waals surface area contributed by atoms with Gasteiger partial charge in [0.2, 0.25) is 0 Å². The molecule has 2 N–H and O–H groups in total. The van der Waals surface area contributed by atoms with Gasteiger partial charge in [-0.05, 0) is 109 Å². The smallest absolute Gasteiger partial charge is 0.293 e. The first-order valence-electron chi connectivity index (χ1n) is 23.4. The summed E-state index contributed by atoms with van der Waals surface area (Å²) >= 11 is 6.11. The number of carbonyl (C=O) groups is 1. The Morgan fingerprint density at radius 3 is 2.55 bits per heavy atom. The van der Waals surface area contributed by atoms with E-state index in [1.54, 1.807) is 36.5 Å². The number of aromatic nitrogens is 2. The van der Waals surface area contributed by atoms with Gasteiger partial charge in [-0.15, -0.1) is 0 Å². The predicted octanol–water partition coefficient (Wildman–Crippen LogP) is 10.3. The van der Waals surface area contributed by atoms with Gasteiger partial charge in [-0.25, -0.2) is 26.9 Å².